The normalized spacial score (nSPS) is 21.6. The number of hydrogen-bond donors (Lipinski definition) is 2. The highest BCUT2D eigenvalue weighted by Crippen LogP contribution is 2.29. The van der Waals surface area contributed by atoms with E-state index in [1.807, 2.05) is 19.9 Å². The largest absolute Gasteiger partial charge is 0.396 e. The van der Waals surface area contributed by atoms with E-state index in [0.717, 1.165) is 11.1 Å². The fraction of sp³-hybridized carbons (Fsp3) is 0.450. The Morgan fingerprint density at radius 3 is 2.77 bits per heavy atom. The van der Waals surface area contributed by atoms with Gasteiger partial charge in [-0.05, 0) is 30.0 Å². The number of imide groups is 1. The topological polar surface area (TPSA) is 86.7 Å². The maximum atomic E-state index is 12.7. The summed E-state index contributed by atoms with van der Waals surface area (Å²) in [5, 5.41) is 11.5. The molecule has 1 fully saturated rings. The average Bonchev–Trinajstić information content (AvgIpc) is 2.96. The van der Waals surface area contributed by atoms with Gasteiger partial charge in [-0.25, -0.2) is 0 Å². The first-order chi connectivity index (χ1) is 12.4. The summed E-state index contributed by atoms with van der Waals surface area (Å²) in [6.07, 6.45) is 0.580. The molecule has 2 N–H and O–H groups in total. The summed E-state index contributed by atoms with van der Waals surface area (Å²) < 4.78 is 0. The van der Waals surface area contributed by atoms with Crippen LogP contribution in [-0.2, 0) is 16.1 Å². The summed E-state index contributed by atoms with van der Waals surface area (Å²) in [5.41, 5.74) is 2.14. The van der Waals surface area contributed by atoms with Crippen LogP contribution in [0.1, 0.15) is 48.2 Å². The molecule has 0 radical (unpaired) electrons. The first-order valence-electron chi connectivity index (χ1n) is 8.81. The van der Waals surface area contributed by atoms with Crippen molar-refractivity contribution in [3.05, 3.63) is 34.9 Å². The molecule has 2 aliphatic rings. The van der Waals surface area contributed by atoms with E-state index in [1.54, 1.807) is 12.1 Å². The van der Waals surface area contributed by atoms with Crippen molar-refractivity contribution in [2.45, 2.75) is 39.3 Å². The van der Waals surface area contributed by atoms with Crippen molar-refractivity contribution in [2.24, 2.45) is 11.8 Å². The molecule has 0 bridgehead atoms. The smallest absolute Gasteiger partial charge is 0.255 e. The Hall–Kier alpha value is -2.65. The van der Waals surface area contributed by atoms with Gasteiger partial charge in [0.25, 0.3) is 5.91 Å². The van der Waals surface area contributed by atoms with Crippen LogP contribution in [0.25, 0.3) is 0 Å². The van der Waals surface area contributed by atoms with Crippen molar-refractivity contribution in [3.63, 3.8) is 0 Å². The number of carbonyl (C=O) groups is 3. The van der Waals surface area contributed by atoms with Gasteiger partial charge in [-0.1, -0.05) is 31.8 Å². The van der Waals surface area contributed by atoms with E-state index in [1.165, 1.54) is 4.90 Å². The van der Waals surface area contributed by atoms with Crippen molar-refractivity contribution < 1.29 is 19.5 Å². The minimum Gasteiger partial charge on any atom is -0.396 e. The summed E-state index contributed by atoms with van der Waals surface area (Å²) in [6, 6.07) is 4.77. The Kier molecular flexibility index (Phi) is 5.10. The minimum atomic E-state index is -0.623. The zero-order valence-corrected chi connectivity index (χ0v) is 14.9. The molecule has 0 spiro atoms. The van der Waals surface area contributed by atoms with Crippen molar-refractivity contribution in [2.75, 3.05) is 6.61 Å². The van der Waals surface area contributed by atoms with Crippen molar-refractivity contribution in [1.82, 2.24) is 10.2 Å². The number of hydrogen-bond acceptors (Lipinski definition) is 4. The minimum absolute atomic E-state index is 0.0270. The molecule has 1 aromatic carbocycles. The predicted molar refractivity (Wildman–Crippen MR) is 94.8 cm³/mol. The van der Waals surface area contributed by atoms with Gasteiger partial charge in [-0.3, -0.25) is 19.7 Å². The molecule has 6 heteroatoms. The number of amides is 3. The zero-order valence-electron chi connectivity index (χ0n) is 14.9. The SMILES string of the molecule is CC(C#Cc1cccc2c1CN(C1CCC(=O)NC1=O)C2=O)C(C)CO. The molecular weight excluding hydrogens is 332 g/mol. The molecule has 3 unspecified atom stereocenters. The number of nitrogens with one attached hydrogen (secondary N) is 1. The predicted octanol–water partition coefficient (Wildman–Crippen LogP) is 1.06. The third kappa shape index (κ3) is 3.35. The lowest BCUT2D eigenvalue weighted by atomic mass is 9.96. The highest BCUT2D eigenvalue weighted by atomic mass is 16.3. The summed E-state index contributed by atoms with van der Waals surface area (Å²) in [6.45, 7) is 4.28. The van der Waals surface area contributed by atoms with Crippen molar-refractivity contribution in [1.29, 1.82) is 0 Å². The fourth-order valence-electron chi connectivity index (χ4n) is 3.19. The molecule has 1 saturated heterocycles. The monoisotopic (exact) mass is 354 g/mol. The van der Waals surface area contributed by atoms with Gasteiger partial charge >= 0.3 is 0 Å². The number of carbonyl (C=O) groups excluding carboxylic acids is 3. The Balaban J connectivity index is 1.85. The van der Waals surface area contributed by atoms with Crippen LogP contribution < -0.4 is 5.32 Å². The van der Waals surface area contributed by atoms with Crippen LogP contribution in [0.2, 0.25) is 0 Å². The van der Waals surface area contributed by atoms with Crippen molar-refractivity contribution in [3.8, 4) is 11.8 Å². The van der Waals surface area contributed by atoms with Gasteiger partial charge in [-0.15, -0.1) is 0 Å². The summed E-state index contributed by atoms with van der Waals surface area (Å²) in [7, 11) is 0. The first kappa shape index (κ1) is 18.2. The van der Waals surface area contributed by atoms with Crippen LogP contribution in [0.4, 0.5) is 0 Å². The number of aliphatic hydroxyl groups is 1. The highest BCUT2D eigenvalue weighted by Gasteiger charge is 2.39. The molecule has 2 heterocycles. The molecule has 3 amide bonds. The van der Waals surface area contributed by atoms with E-state index in [2.05, 4.69) is 17.2 Å². The molecule has 26 heavy (non-hydrogen) atoms. The maximum absolute atomic E-state index is 12.7. The summed E-state index contributed by atoms with van der Waals surface area (Å²) in [5.74, 6) is 5.45. The molecule has 0 aliphatic carbocycles. The Labute approximate surface area is 152 Å². The molecule has 6 nitrogen and oxygen atoms in total. The van der Waals surface area contributed by atoms with Crippen LogP contribution in [0.5, 0.6) is 0 Å². The first-order valence-corrected chi connectivity index (χ1v) is 8.81. The van der Waals surface area contributed by atoms with Crippen LogP contribution >= 0.6 is 0 Å². The average molecular weight is 354 g/mol. The fourth-order valence-corrected chi connectivity index (χ4v) is 3.19. The van der Waals surface area contributed by atoms with Gasteiger partial charge in [0.1, 0.15) is 6.04 Å². The Morgan fingerprint density at radius 1 is 1.31 bits per heavy atom. The Morgan fingerprint density at radius 2 is 2.08 bits per heavy atom. The lowest BCUT2D eigenvalue weighted by Crippen LogP contribution is -2.52. The number of nitrogens with zero attached hydrogens (tertiary/aromatic N) is 1. The quantitative estimate of drug-likeness (QED) is 0.628. The molecule has 3 atom stereocenters. The molecule has 0 saturated carbocycles. The lowest BCUT2D eigenvalue weighted by molar-refractivity contribution is -0.136. The lowest BCUT2D eigenvalue weighted by Gasteiger charge is -2.29. The number of piperidine rings is 1. The second kappa shape index (κ2) is 7.30. The number of aliphatic hydroxyl groups excluding tert-OH is 1. The van der Waals surface area contributed by atoms with E-state index >= 15 is 0 Å². The van der Waals surface area contributed by atoms with Crippen LogP contribution in [0.3, 0.4) is 0 Å². The number of rotatable bonds is 3. The van der Waals surface area contributed by atoms with Gasteiger partial charge in [-0.2, -0.15) is 0 Å². The van der Waals surface area contributed by atoms with Gasteiger partial charge in [0.15, 0.2) is 0 Å². The summed E-state index contributed by atoms with van der Waals surface area (Å²) in [4.78, 5) is 37.7. The van der Waals surface area contributed by atoms with E-state index in [9.17, 15) is 19.5 Å². The van der Waals surface area contributed by atoms with Crippen LogP contribution in [-0.4, -0.2) is 40.4 Å². The van der Waals surface area contributed by atoms with E-state index in [0.29, 0.717) is 18.5 Å². The highest BCUT2D eigenvalue weighted by molar-refractivity contribution is 6.05. The van der Waals surface area contributed by atoms with E-state index < -0.39 is 11.9 Å². The third-order valence-electron chi connectivity index (χ3n) is 5.16. The molecule has 1 aromatic rings. The molecule has 136 valence electrons. The zero-order chi connectivity index (χ0) is 18.8. The number of fused-ring (bicyclic) bond motifs is 1. The van der Waals surface area contributed by atoms with Gasteiger partial charge in [0.05, 0.1) is 0 Å². The molecule has 3 rings (SSSR count). The Bertz CT molecular complexity index is 821. The molecular formula is C20H22N2O4. The number of benzene rings is 1. The second-order valence-electron chi connectivity index (χ2n) is 6.95. The van der Waals surface area contributed by atoms with E-state index in [4.69, 9.17) is 0 Å². The second-order valence-corrected chi connectivity index (χ2v) is 6.95. The molecule has 0 aromatic heterocycles. The maximum Gasteiger partial charge on any atom is 0.255 e. The van der Waals surface area contributed by atoms with Gasteiger partial charge < -0.3 is 10.0 Å². The van der Waals surface area contributed by atoms with E-state index in [-0.39, 0.29) is 36.7 Å². The molecule has 2 aliphatic heterocycles. The van der Waals surface area contributed by atoms with Crippen molar-refractivity contribution >= 4 is 17.7 Å². The standard InChI is InChI=1S/C20H22N2O4/c1-12(13(2)11-23)6-7-14-4-3-5-15-16(14)10-22(20(15)26)17-8-9-18(24)21-19(17)25/h3-5,12-13,17,23H,8-11H2,1-2H3,(H,21,24,25). The third-order valence-corrected chi connectivity index (χ3v) is 5.16. The van der Waals surface area contributed by atoms with Gasteiger partial charge in [0, 0.05) is 36.6 Å². The summed E-state index contributed by atoms with van der Waals surface area (Å²) >= 11 is 0. The van der Waals surface area contributed by atoms with Crippen LogP contribution in [0, 0.1) is 23.7 Å². The van der Waals surface area contributed by atoms with Gasteiger partial charge in [0.2, 0.25) is 11.8 Å². The van der Waals surface area contributed by atoms with Crippen LogP contribution in [0.15, 0.2) is 18.2 Å².